The summed E-state index contributed by atoms with van der Waals surface area (Å²) in [6.07, 6.45) is 15.1. The fourth-order valence-electron chi connectivity index (χ4n) is 3.54. The van der Waals surface area contributed by atoms with E-state index >= 15 is 0 Å². The zero-order chi connectivity index (χ0) is 21.9. The number of unbranched alkanes of at least 4 members (excludes halogenated alkanes) is 10. The first kappa shape index (κ1) is 25.9. The Labute approximate surface area is 182 Å². The molecule has 0 fully saturated rings. The zero-order valence-corrected chi connectivity index (χ0v) is 18.7. The molecule has 0 aliphatic rings. The smallest absolute Gasteiger partial charge is 0.243 e. The van der Waals surface area contributed by atoms with Gasteiger partial charge in [0.25, 0.3) is 0 Å². The van der Waals surface area contributed by atoms with Gasteiger partial charge >= 0.3 is 0 Å². The third-order valence-corrected chi connectivity index (χ3v) is 5.30. The van der Waals surface area contributed by atoms with Gasteiger partial charge in [0.05, 0.1) is 6.54 Å². The second-order valence-corrected chi connectivity index (χ2v) is 8.01. The third kappa shape index (κ3) is 13.1. The van der Waals surface area contributed by atoms with Gasteiger partial charge in [-0.05, 0) is 12.0 Å². The van der Waals surface area contributed by atoms with Crippen molar-refractivity contribution in [3.63, 3.8) is 0 Å². The highest BCUT2D eigenvalue weighted by molar-refractivity contribution is 5.88. The van der Waals surface area contributed by atoms with Crippen LogP contribution >= 0.6 is 0 Å². The summed E-state index contributed by atoms with van der Waals surface area (Å²) >= 11 is 0. The summed E-state index contributed by atoms with van der Waals surface area (Å²) < 4.78 is 0. The summed E-state index contributed by atoms with van der Waals surface area (Å²) in [5, 5.41) is 5.39. The number of amides is 2. The predicted octanol–water partition coefficient (Wildman–Crippen LogP) is 4.73. The summed E-state index contributed by atoms with van der Waals surface area (Å²) in [7, 11) is 0. The molecule has 0 aromatic heterocycles. The first-order valence-electron chi connectivity index (χ1n) is 11.7. The molecule has 30 heavy (non-hydrogen) atoms. The molecule has 5 nitrogen and oxygen atoms in total. The quantitative estimate of drug-likeness (QED) is 0.268. The summed E-state index contributed by atoms with van der Waals surface area (Å²) in [4.78, 5) is 35.2. The van der Waals surface area contributed by atoms with Gasteiger partial charge < -0.3 is 15.4 Å². The maximum Gasteiger partial charge on any atom is 0.243 e. The molecule has 5 heteroatoms. The number of rotatable bonds is 18. The number of hydrogen-bond acceptors (Lipinski definition) is 3. The summed E-state index contributed by atoms with van der Waals surface area (Å²) in [6, 6.07) is 8.92. The molecular formula is C25H40N2O3. The van der Waals surface area contributed by atoms with E-state index in [4.69, 9.17) is 0 Å². The highest BCUT2D eigenvalue weighted by Crippen LogP contribution is 2.12. The minimum absolute atomic E-state index is 0.0431. The SMILES string of the molecule is CCCCCCCCCCCCCC(=O)N[C@@H](Cc1ccccc1)C(=O)NCC=O. The Morgan fingerprint density at radius 3 is 2.00 bits per heavy atom. The number of nitrogens with one attached hydrogen (secondary N) is 2. The molecule has 0 heterocycles. The first-order valence-corrected chi connectivity index (χ1v) is 11.7. The van der Waals surface area contributed by atoms with Crippen LogP contribution in [0.4, 0.5) is 0 Å². The van der Waals surface area contributed by atoms with E-state index in [9.17, 15) is 14.4 Å². The molecule has 0 aliphatic heterocycles. The van der Waals surface area contributed by atoms with E-state index < -0.39 is 6.04 Å². The molecule has 0 bridgehead atoms. The first-order chi connectivity index (χ1) is 14.7. The van der Waals surface area contributed by atoms with Gasteiger partial charge in [-0.25, -0.2) is 0 Å². The van der Waals surface area contributed by atoms with Crippen molar-refractivity contribution in [3.8, 4) is 0 Å². The van der Waals surface area contributed by atoms with Crippen LogP contribution in [0.25, 0.3) is 0 Å². The van der Waals surface area contributed by atoms with Crippen molar-refractivity contribution in [2.45, 2.75) is 96.4 Å². The van der Waals surface area contributed by atoms with Crippen LogP contribution in [0.1, 0.15) is 89.5 Å². The minimum atomic E-state index is -0.660. The standard InChI is InChI=1S/C25H40N2O3/c1-2-3-4-5-6-7-8-9-10-11-15-18-24(29)27-23(25(30)26-19-20-28)21-22-16-13-12-14-17-22/h12-14,16-17,20,23H,2-11,15,18-19,21H2,1H3,(H,26,30)(H,27,29)/t23-/m0/s1. The van der Waals surface area contributed by atoms with Gasteiger partial charge in [-0.3, -0.25) is 9.59 Å². The van der Waals surface area contributed by atoms with Gasteiger partial charge in [0, 0.05) is 12.8 Å². The third-order valence-electron chi connectivity index (χ3n) is 5.30. The lowest BCUT2D eigenvalue weighted by Crippen LogP contribution is -2.48. The van der Waals surface area contributed by atoms with Crippen molar-refractivity contribution < 1.29 is 14.4 Å². The molecule has 168 valence electrons. The minimum Gasteiger partial charge on any atom is -0.348 e. The van der Waals surface area contributed by atoms with Gasteiger partial charge in [-0.1, -0.05) is 101 Å². The van der Waals surface area contributed by atoms with Crippen LogP contribution in [-0.4, -0.2) is 30.7 Å². The van der Waals surface area contributed by atoms with Crippen LogP contribution in [0.15, 0.2) is 30.3 Å². The Morgan fingerprint density at radius 2 is 1.43 bits per heavy atom. The molecule has 2 N–H and O–H groups in total. The fraction of sp³-hybridized carbons (Fsp3) is 0.640. The Balaban J connectivity index is 2.23. The predicted molar refractivity (Wildman–Crippen MR) is 122 cm³/mol. The van der Waals surface area contributed by atoms with Gasteiger partial charge in [-0.2, -0.15) is 0 Å². The number of carbonyl (C=O) groups excluding carboxylic acids is 3. The van der Waals surface area contributed by atoms with Gasteiger partial charge in [0.2, 0.25) is 11.8 Å². The zero-order valence-electron chi connectivity index (χ0n) is 18.7. The van der Waals surface area contributed by atoms with E-state index in [0.29, 0.717) is 19.1 Å². The second-order valence-electron chi connectivity index (χ2n) is 8.01. The second kappa shape index (κ2) is 17.7. The van der Waals surface area contributed by atoms with E-state index in [2.05, 4.69) is 17.6 Å². The van der Waals surface area contributed by atoms with Crippen molar-refractivity contribution in [1.82, 2.24) is 10.6 Å². The molecule has 1 atom stereocenters. The van der Waals surface area contributed by atoms with Crippen LogP contribution in [0.3, 0.4) is 0 Å². The Hall–Kier alpha value is -2.17. The number of carbonyl (C=O) groups is 3. The normalized spacial score (nSPS) is 11.6. The van der Waals surface area contributed by atoms with Crippen molar-refractivity contribution in [2.75, 3.05) is 6.54 Å². The Bertz CT molecular complexity index is 589. The van der Waals surface area contributed by atoms with Crippen LogP contribution < -0.4 is 10.6 Å². The van der Waals surface area contributed by atoms with Crippen LogP contribution in [0.2, 0.25) is 0 Å². The van der Waals surface area contributed by atoms with Crippen molar-refractivity contribution >= 4 is 18.1 Å². The Kier molecular flexibility index (Phi) is 15.2. The van der Waals surface area contributed by atoms with Crippen LogP contribution in [0.5, 0.6) is 0 Å². The molecule has 0 aliphatic carbocycles. The maximum atomic E-state index is 12.3. The van der Waals surface area contributed by atoms with E-state index in [1.54, 1.807) is 0 Å². The molecule has 2 amide bonds. The lowest BCUT2D eigenvalue weighted by Gasteiger charge is -2.18. The molecule has 0 radical (unpaired) electrons. The molecule has 0 spiro atoms. The molecule has 1 aromatic carbocycles. The Morgan fingerprint density at radius 1 is 0.867 bits per heavy atom. The fourth-order valence-corrected chi connectivity index (χ4v) is 3.54. The molecule has 1 rings (SSSR count). The van der Waals surface area contributed by atoms with Gasteiger partial charge in [0.15, 0.2) is 0 Å². The van der Waals surface area contributed by atoms with Crippen LogP contribution in [0, 0.1) is 0 Å². The molecule has 0 unspecified atom stereocenters. The number of hydrogen-bond donors (Lipinski definition) is 2. The van der Waals surface area contributed by atoms with Crippen molar-refractivity contribution in [2.24, 2.45) is 0 Å². The molecular weight excluding hydrogens is 376 g/mol. The lowest BCUT2D eigenvalue weighted by molar-refractivity contribution is -0.129. The number of aldehydes is 1. The average Bonchev–Trinajstić information content (AvgIpc) is 2.76. The van der Waals surface area contributed by atoms with Crippen LogP contribution in [-0.2, 0) is 20.8 Å². The van der Waals surface area contributed by atoms with Crippen molar-refractivity contribution in [3.05, 3.63) is 35.9 Å². The summed E-state index contributed by atoms with van der Waals surface area (Å²) in [5.41, 5.74) is 0.971. The lowest BCUT2D eigenvalue weighted by atomic mass is 10.0. The highest BCUT2D eigenvalue weighted by atomic mass is 16.2. The largest absolute Gasteiger partial charge is 0.348 e. The van der Waals surface area contributed by atoms with E-state index in [0.717, 1.165) is 24.8 Å². The maximum absolute atomic E-state index is 12.3. The molecule has 1 aromatic rings. The van der Waals surface area contributed by atoms with Crippen molar-refractivity contribution in [1.29, 1.82) is 0 Å². The summed E-state index contributed by atoms with van der Waals surface area (Å²) in [6.45, 7) is 2.20. The topological polar surface area (TPSA) is 75.3 Å². The summed E-state index contributed by atoms with van der Waals surface area (Å²) in [5.74, 6) is -0.425. The monoisotopic (exact) mass is 416 g/mol. The molecule has 0 saturated carbocycles. The van der Waals surface area contributed by atoms with E-state index in [1.807, 2.05) is 30.3 Å². The van der Waals surface area contributed by atoms with Gasteiger partial charge in [0.1, 0.15) is 12.3 Å². The van der Waals surface area contributed by atoms with E-state index in [-0.39, 0.29) is 18.4 Å². The van der Waals surface area contributed by atoms with Gasteiger partial charge in [-0.15, -0.1) is 0 Å². The number of benzene rings is 1. The molecule has 0 saturated heterocycles. The van der Waals surface area contributed by atoms with E-state index in [1.165, 1.54) is 51.4 Å². The highest BCUT2D eigenvalue weighted by Gasteiger charge is 2.20. The average molecular weight is 417 g/mol.